The van der Waals surface area contributed by atoms with Gasteiger partial charge in [0.1, 0.15) is 43.2 Å². The molecule has 2 aliphatic heterocycles. The van der Waals surface area contributed by atoms with Gasteiger partial charge in [0, 0.05) is 12.8 Å². The molecule has 6 rings (SSSR count). The van der Waals surface area contributed by atoms with E-state index in [2.05, 4.69) is 0 Å². The highest BCUT2D eigenvalue weighted by Crippen LogP contribution is 2.43. The van der Waals surface area contributed by atoms with Gasteiger partial charge in [0.2, 0.25) is 5.79 Å². The third-order valence-electron chi connectivity index (χ3n) is 10.2. The van der Waals surface area contributed by atoms with Crippen molar-refractivity contribution in [1.29, 1.82) is 0 Å². The highest BCUT2D eigenvalue weighted by molar-refractivity contribution is 6.21. The lowest BCUT2D eigenvalue weighted by atomic mass is 10.00. The zero-order valence-corrected chi connectivity index (χ0v) is 35.4. The maximum Gasteiger partial charge on any atom is 0.305 e. The number of aliphatic carboxylic acids is 1. The number of halogens is 3. The first-order chi connectivity index (χ1) is 29.3. The van der Waals surface area contributed by atoms with Crippen molar-refractivity contribution in [2.24, 2.45) is 0 Å². The molecule has 14 heteroatoms. The van der Waals surface area contributed by atoms with Gasteiger partial charge in [-0.1, -0.05) is 121 Å². The van der Waals surface area contributed by atoms with E-state index >= 15 is 0 Å². The molecule has 0 radical (unpaired) electrons. The highest BCUT2D eigenvalue weighted by atomic mass is 35.5. The van der Waals surface area contributed by atoms with Gasteiger partial charge in [0.15, 0.2) is 6.29 Å². The topological polar surface area (TPSA) is 128 Å². The second kappa shape index (κ2) is 23.6. The first-order valence-electron chi connectivity index (χ1n) is 20.0. The van der Waals surface area contributed by atoms with Crippen molar-refractivity contribution >= 4 is 46.7 Å². The number of carbonyl (C=O) groups excluding carboxylic acids is 1. The molecule has 0 bridgehead atoms. The number of ether oxygens (including phenoxy) is 8. The van der Waals surface area contributed by atoms with Crippen molar-refractivity contribution < 1.29 is 52.6 Å². The molecule has 322 valence electrons. The van der Waals surface area contributed by atoms with E-state index < -0.39 is 66.0 Å². The number of esters is 1. The van der Waals surface area contributed by atoms with Gasteiger partial charge in [0.25, 0.3) is 0 Å². The average molecular weight is 886 g/mol. The molecule has 4 aromatic rings. The Morgan fingerprint density at radius 2 is 1.08 bits per heavy atom. The maximum atomic E-state index is 12.9. The Kier molecular flexibility index (Phi) is 18.0. The molecule has 0 spiro atoms. The van der Waals surface area contributed by atoms with E-state index in [0.717, 1.165) is 22.3 Å². The third-order valence-corrected chi connectivity index (χ3v) is 11.4. The number of hydrogen-bond donors (Lipinski definition) is 1. The van der Waals surface area contributed by atoms with Crippen molar-refractivity contribution in [1.82, 2.24) is 0 Å². The van der Waals surface area contributed by atoms with Crippen LogP contribution in [0.1, 0.15) is 47.9 Å². The van der Waals surface area contributed by atoms with Gasteiger partial charge in [-0.05, 0) is 35.1 Å². The fraction of sp³-hybridized carbons (Fsp3) is 0.435. The standard InChI is InChI=1S/C46H51Cl3O11/c47-25-36-41(54-26-32-15-5-1-6-16-32)44(57-29-35-21-11-4-12-22-35)46(31-48,59-36)60-45-43(56-28-34-19-9-3-10-20-34)42(55-27-33-17-7-2-8-18-33)40(49)37(58-45)30-53-39(52)24-14-13-23-38(50)51/h1-12,15-22,36-37,40-45H,13-14,23-31H2,(H,50,51). The molecular formula is C46H51Cl3O11. The minimum absolute atomic E-state index is 0.0252. The summed E-state index contributed by atoms with van der Waals surface area (Å²) in [6.07, 6.45) is -5.79. The fourth-order valence-electron chi connectivity index (χ4n) is 7.11. The van der Waals surface area contributed by atoms with E-state index in [1.807, 2.05) is 121 Å². The molecule has 2 saturated heterocycles. The summed E-state index contributed by atoms with van der Waals surface area (Å²) in [4.78, 5) is 23.9. The number of benzene rings is 4. The van der Waals surface area contributed by atoms with Gasteiger partial charge in [-0.2, -0.15) is 0 Å². The van der Waals surface area contributed by atoms with Crippen LogP contribution in [0.25, 0.3) is 0 Å². The highest BCUT2D eigenvalue weighted by Gasteiger charge is 2.61. The van der Waals surface area contributed by atoms with E-state index in [1.54, 1.807) is 0 Å². The lowest BCUT2D eigenvalue weighted by molar-refractivity contribution is -0.368. The van der Waals surface area contributed by atoms with Crippen LogP contribution in [0.15, 0.2) is 121 Å². The Morgan fingerprint density at radius 3 is 1.57 bits per heavy atom. The lowest BCUT2D eigenvalue weighted by Crippen LogP contribution is -2.62. The number of carboxylic acids is 1. The molecule has 1 N–H and O–H groups in total. The number of alkyl halides is 3. The van der Waals surface area contributed by atoms with Gasteiger partial charge in [-0.15, -0.1) is 34.8 Å². The van der Waals surface area contributed by atoms with Crippen molar-refractivity contribution in [2.75, 3.05) is 18.4 Å². The van der Waals surface area contributed by atoms with Crippen molar-refractivity contribution in [3.05, 3.63) is 144 Å². The van der Waals surface area contributed by atoms with Gasteiger partial charge < -0.3 is 43.0 Å². The molecule has 9 atom stereocenters. The molecule has 0 amide bonds. The van der Waals surface area contributed by atoms with Gasteiger partial charge in [-0.25, -0.2) is 0 Å². The molecular weight excluding hydrogens is 835 g/mol. The largest absolute Gasteiger partial charge is 0.481 e. The molecule has 0 saturated carbocycles. The summed E-state index contributed by atoms with van der Waals surface area (Å²) in [6, 6.07) is 38.6. The minimum Gasteiger partial charge on any atom is -0.481 e. The number of carboxylic acid groups (broad SMARTS) is 1. The second-order valence-corrected chi connectivity index (χ2v) is 15.7. The van der Waals surface area contributed by atoms with Gasteiger partial charge in [0.05, 0.1) is 43.6 Å². The molecule has 60 heavy (non-hydrogen) atoms. The third kappa shape index (κ3) is 13.0. The summed E-state index contributed by atoms with van der Waals surface area (Å²) in [7, 11) is 0. The van der Waals surface area contributed by atoms with Crippen molar-refractivity contribution in [2.45, 2.75) is 106 Å². The number of rotatable bonds is 23. The molecule has 0 aliphatic carbocycles. The Morgan fingerprint density at radius 1 is 0.617 bits per heavy atom. The van der Waals surface area contributed by atoms with E-state index in [0.29, 0.717) is 12.8 Å². The Balaban J connectivity index is 1.32. The average Bonchev–Trinajstić information content (AvgIpc) is 3.58. The fourth-order valence-corrected chi connectivity index (χ4v) is 7.98. The molecule has 9 unspecified atom stereocenters. The molecule has 2 fully saturated rings. The first-order valence-corrected chi connectivity index (χ1v) is 21.6. The van der Waals surface area contributed by atoms with E-state index in [1.165, 1.54) is 0 Å². The summed E-state index contributed by atoms with van der Waals surface area (Å²) >= 11 is 20.8. The summed E-state index contributed by atoms with van der Waals surface area (Å²) in [6.45, 7) is 0.482. The zero-order valence-electron chi connectivity index (χ0n) is 33.1. The summed E-state index contributed by atoms with van der Waals surface area (Å²) in [5.41, 5.74) is 3.62. The number of hydrogen-bond acceptors (Lipinski definition) is 10. The predicted octanol–water partition coefficient (Wildman–Crippen LogP) is 8.44. The van der Waals surface area contributed by atoms with E-state index in [-0.39, 0.29) is 57.6 Å². The zero-order chi connectivity index (χ0) is 42.2. The van der Waals surface area contributed by atoms with Crippen LogP contribution in [0.5, 0.6) is 0 Å². The van der Waals surface area contributed by atoms with Crippen LogP contribution in [0, 0.1) is 0 Å². The van der Waals surface area contributed by atoms with Crippen LogP contribution in [0.2, 0.25) is 0 Å². The summed E-state index contributed by atoms with van der Waals surface area (Å²) in [5.74, 6) is -3.36. The van der Waals surface area contributed by atoms with E-state index in [4.69, 9.17) is 77.8 Å². The molecule has 2 heterocycles. The smallest absolute Gasteiger partial charge is 0.305 e. The quantitative estimate of drug-likeness (QED) is 0.0438. The van der Waals surface area contributed by atoms with Crippen LogP contribution >= 0.6 is 34.8 Å². The van der Waals surface area contributed by atoms with Crippen LogP contribution in [0.3, 0.4) is 0 Å². The number of unbranched alkanes of at least 4 members (excludes halogenated alkanes) is 1. The van der Waals surface area contributed by atoms with Gasteiger partial charge in [-0.3, -0.25) is 9.59 Å². The van der Waals surface area contributed by atoms with E-state index in [9.17, 15) is 9.59 Å². The normalized spacial score (nSPS) is 26.4. The van der Waals surface area contributed by atoms with Crippen LogP contribution < -0.4 is 0 Å². The maximum absolute atomic E-state index is 12.9. The van der Waals surface area contributed by atoms with Crippen LogP contribution in [-0.2, 0) is 73.9 Å². The van der Waals surface area contributed by atoms with Crippen LogP contribution in [0.4, 0.5) is 0 Å². The second-order valence-electron chi connectivity index (χ2n) is 14.6. The molecule has 4 aromatic carbocycles. The van der Waals surface area contributed by atoms with Crippen LogP contribution in [-0.4, -0.2) is 89.5 Å². The monoisotopic (exact) mass is 884 g/mol. The Bertz CT molecular complexity index is 1860. The van der Waals surface area contributed by atoms with Crippen molar-refractivity contribution in [3.63, 3.8) is 0 Å². The van der Waals surface area contributed by atoms with Crippen molar-refractivity contribution in [3.8, 4) is 0 Å². The molecule has 2 aliphatic rings. The predicted molar refractivity (Wildman–Crippen MR) is 226 cm³/mol. The number of carbonyl (C=O) groups is 2. The Labute approximate surface area is 366 Å². The summed E-state index contributed by atoms with van der Waals surface area (Å²) in [5, 5.41) is 8.11. The lowest BCUT2D eigenvalue weighted by Gasteiger charge is -2.46. The van der Waals surface area contributed by atoms with Gasteiger partial charge >= 0.3 is 11.9 Å². The molecule has 11 nitrogen and oxygen atoms in total. The minimum atomic E-state index is -1.70. The summed E-state index contributed by atoms with van der Waals surface area (Å²) < 4.78 is 52.5. The SMILES string of the molecule is O=C(O)CCCCC(=O)OCC1OC(OC2(CCl)OC(CCl)C(OCc3ccccc3)C2OCc2ccccc2)C(OCc2ccccc2)C(OCc2ccccc2)C1Cl. The molecule has 0 aromatic heterocycles. The first kappa shape index (κ1) is 45.9. The Hall–Kier alpha value is -3.59.